The van der Waals surface area contributed by atoms with E-state index in [1.807, 2.05) is 6.08 Å². The van der Waals surface area contributed by atoms with Gasteiger partial charge in [0.15, 0.2) is 6.10 Å². The molecule has 0 saturated heterocycles. The Kier molecular flexibility index (Phi) is 68.2. The predicted octanol–water partition coefficient (Wildman–Crippen LogP) is 25.0. The molecule has 0 fully saturated rings. The molecular weight excluding hydrogens is 1020 g/mol. The minimum atomic E-state index is -0.816. The number of allylic oxidation sites excluding steroid dienone is 14. The van der Waals surface area contributed by atoms with Crippen LogP contribution in [0.5, 0.6) is 0 Å². The molecule has 0 spiro atoms. The van der Waals surface area contributed by atoms with Gasteiger partial charge >= 0.3 is 17.9 Å². The molecule has 6 heteroatoms. The maximum Gasteiger partial charge on any atom is 0.306 e. The molecule has 0 heterocycles. The van der Waals surface area contributed by atoms with Gasteiger partial charge in [0.2, 0.25) is 0 Å². The van der Waals surface area contributed by atoms with Crippen molar-refractivity contribution in [1.82, 2.24) is 0 Å². The molecule has 1 atom stereocenters. The zero-order valence-corrected chi connectivity index (χ0v) is 55.2. The number of rotatable bonds is 66. The molecule has 0 radical (unpaired) electrons. The van der Waals surface area contributed by atoms with E-state index in [9.17, 15) is 14.4 Å². The zero-order valence-electron chi connectivity index (χ0n) is 55.2. The van der Waals surface area contributed by atoms with E-state index < -0.39 is 6.10 Å². The monoisotopic (exact) mass is 1160 g/mol. The second kappa shape index (κ2) is 71.1. The first-order valence-electron chi connectivity index (χ1n) is 36.1. The first kappa shape index (κ1) is 79.6. The van der Waals surface area contributed by atoms with Crippen LogP contribution in [0.1, 0.15) is 367 Å². The van der Waals surface area contributed by atoms with Crippen molar-refractivity contribution in [3.63, 3.8) is 0 Å². The van der Waals surface area contributed by atoms with Gasteiger partial charge in [-0.15, -0.1) is 0 Å². The summed E-state index contributed by atoms with van der Waals surface area (Å²) in [5.41, 5.74) is 0. The van der Waals surface area contributed by atoms with Crippen molar-refractivity contribution in [3.8, 4) is 0 Å². The highest BCUT2D eigenvalue weighted by molar-refractivity contribution is 5.71. The second-order valence-electron chi connectivity index (χ2n) is 24.1. The molecule has 0 aliphatic heterocycles. The van der Waals surface area contributed by atoms with E-state index in [0.29, 0.717) is 19.3 Å². The highest BCUT2D eigenvalue weighted by Gasteiger charge is 2.19. The van der Waals surface area contributed by atoms with Gasteiger partial charge in [-0.05, 0) is 83.5 Å². The summed E-state index contributed by atoms with van der Waals surface area (Å²) in [6.45, 7) is 6.52. The van der Waals surface area contributed by atoms with Gasteiger partial charge in [0.1, 0.15) is 13.2 Å². The lowest BCUT2D eigenvalue weighted by Gasteiger charge is -2.18. The molecule has 6 nitrogen and oxygen atoms in total. The van der Waals surface area contributed by atoms with Crippen LogP contribution in [0.15, 0.2) is 85.1 Å². The minimum absolute atomic E-state index is 0.102. The van der Waals surface area contributed by atoms with Gasteiger partial charge in [-0.25, -0.2) is 0 Å². The van der Waals surface area contributed by atoms with Gasteiger partial charge < -0.3 is 14.2 Å². The first-order valence-corrected chi connectivity index (χ1v) is 36.1. The summed E-state index contributed by atoms with van der Waals surface area (Å²) in [5.74, 6) is -0.967. The Morgan fingerprint density at radius 3 is 0.783 bits per heavy atom. The van der Waals surface area contributed by atoms with E-state index in [1.54, 1.807) is 0 Å². The third-order valence-corrected chi connectivity index (χ3v) is 15.9. The molecule has 0 aromatic rings. The molecule has 0 aliphatic rings. The lowest BCUT2D eigenvalue weighted by atomic mass is 10.0. The maximum absolute atomic E-state index is 12.9. The summed E-state index contributed by atoms with van der Waals surface area (Å²) in [6, 6.07) is 0. The molecule has 0 rings (SSSR count). The fraction of sp³-hybridized carbons (Fsp3) is 0.779. The number of carbonyl (C=O) groups is 3. The molecule has 0 amide bonds. The quantitative estimate of drug-likeness (QED) is 0.0261. The molecule has 0 N–H and O–H groups in total. The normalized spacial score (nSPS) is 12.6. The van der Waals surface area contributed by atoms with Gasteiger partial charge in [0, 0.05) is 19.3 Å². The number of unbranched alkanes of at least 4 members (excludes halogenated alkanes) is 41. The van der Waals surface area contributed by atoms with E-state index in [1.165, 1.54) is 244 Å². The Morgan fingerprint density at radius 1 is 0.253 bits per heavy atom. The summed E-state index contributed by atoms with van der Waals surface area (Å²) in [5, 5.41) is 0. The van der Waals surface area contributed by atoms with Crippen LogP contribution < -0.4 is 0 Å². The van der Waals surface area contributed by atoms with Crippen molar-refractivity contribution >= 4 is 17.9 Å². The molecule has 0 aromatic carbocycles. The lowest BCUT2D eigenvalue weighted by Crippen LogP contribution is -2.30. The van der Waals surface area contributed by atoms with Crippen molar-refractivity contribution in [3.05, 3.63) is 85.1 Å². The average molecular weight is 1160 g/mol. The molecule has 83 heavy (non-hydrogen) atoms. The van der Waals surface area contributed by atoms with Gasteiger partial charge in [-0.1, -0.05) is 350 Å². The standard InChI is InChI=1S/C77H136O6/c1-4-7-10-13-16-19-22-25-28-30-32-33-34-35-36-37-38-39-40-41-42-43-45-46-49-52-55-58-61-64-67-70-76(79)82-73-74(72-81-75(78)69-66-63-60-57-54-51-48-27-24-21-18-15-12-9-6-3)83-77(80)71-68-65-62-59-56-53-50-47-44-31-29-26-23-20-17-14-11-8-5-2/h8,11,17,20,26,29-30,32,44,47,53,56,62,65,74H,4-7,9-10,12-16,18-19,21-25,27-28,31,33-43,45-46,48-52,54-55,57-61,63-64,66-73H2,1-3H3/b11-8-,20-17-,29-26-,32-30-,47-44-,56-53-,65-62-. The van der Waals surface area contributed by atoms with Crippen molar-refractivity contribution in [2.45, 2.75) is 374 Å². The fourth-order valence-corrected chi connectivity index (χ4v) is 10.5. The van der Waals surface area contributed by atoms with Gasteiger partial charge in [0.25, 0.3) is 0 Å². The Balaban J connectivity index is 4.27. The number of hydrogen-bond acceptors (Lipinski definition) is 6. The number of hydrogen-bond donors (Lipinski definition) is 0. The Bertz CT molecular complexity index is 1570. The largest absolute Gasteiger partial charge is 0.462 e. The molecule has 0 aromatic heterocycles. The number of ether oxygens (including phenoxy) is 3. The highest BCUT2D eigenvalue weighted by atomic mass is 16.6. The van der Waals surface area contributed by atoms with E-state index in [0.717, 1.165) is 77.0 Å². The summed E-state index contributed by atoms with van der Waals surface area (Å²) in [6.07, 6.45) is 95.0. The van der Waals surface area contributed by atoms with Crippen LogP contribution in [-0.2, 0) is 28.6 Å². The van der Waals surface area contributed by atoms with Crippen LogP contribution in [0.4, 0.5) is 0 Å². The van der Waals surface area contributed by atoms with E-state index in [2.05, 4.69) is 99.8 Å². The Hall–Kier alpha value is -3.41. The van der Waals surface area contributed by atoms with Gasteiger partial charge in [-0.3, -0.25) is 14.4 Å². The number of esters is 3. The van der Waals surface area contributed by atoms with Gasteiger partial charge in [-0.2, -0.15) is 0 Å². The molecule has 0 bridgehead atoms. The first-order chi connectivity index (χ1) is 41.0. The lowest BCUT2D eigenvalue weighted by molar-refractivity contribution is -0.166. The summed E-state index contributed by atoms with van der Waals surface area (Å²) >= 11 is 0. The third kappa shape index (κ3) is 69.3. The minimum Gasteiger partial charge on any atom is -0.462 e. The summed E-state index contributed by atoms with van der Waals surface area (Å²) in [7, 11) is 0. The van der Waals surface area contributed by atoms with Crippen molar-refractivity contribution in [1.29, 1.82) is 0 Å². The Morgan fingerprint density at radius 2 is 0.494 bits per heavy atom. The average Bonchev–Trinajstić information content (AvgIpc) is 3.49. The fourth-order valence-electron chi connectivity index (χ4n) is 10.5. The highest BCUT2D eigenvalue weighted by Crippen LogP contribution is 2.18. The van der Waals surface area contributed by atoms with Crippen LogP contribution in [-0.4, -0.2) is 37.2 Å². The second-order valence-corrected chi connectivity index (χ2v) is 24.1. The smallest absolute Gasteiger partial charge is 0.306 e. The van der Waals surface area contributed by atoms with Crippen LogP contribution in [0.2, 0.25) is 0 Å². The van der Waals surface area contributed by atoms with E-state index >= 15 is 0 Å². The topological polar surface area (TPSA) is 78.9 Å². The molecule has 1 unspecified atom stereocenters. The molecule has 0 aliphatic carbocycles. The van der Waals surface area contributed by atoms with Crippen LogP contribution in [0.3, 0.4) is 0 Å². The molecular formula is C77H136O6. The van der Waals surface area contributed by atoms with E-state index in [-0.39, 0.29) is 37.5 Å². The number of carbonyl (C=O) groups excluding carboxylic acids is 3. The maximum atomic E-state index is 12.9. The summed E-state index contributed by atoms with van der Waals surface area (Å²) in [4.78, 5) is 38.4. The van der Waals surface area contributed by atoms with Gasteiger partial charge in [0.05, 0.1) is 0 Å². The molecule has 480 valence electrons. The third-order valence-electron chi connectivity index (χ3n) is 15.9. The molecule has 0 saturated carbocycles. The van der Waals surface area contributed by atoms with Crippen LogP contribution in [0.25, 0.3) is 0 Å². The van der Waals surface area contributed by atoms with Crippen LogP contribution >= 0.6 is 0 Å². The van der Waals surface area contributed by atoms with Crippen LogP contribution in [0, 0.1) is 0 Å². The summed E-state index contributed by atoms with van der Waals surface area (Å²) < 4.78 is 16.9. The van der Waals surface area contributed by atoms with Crippen molar-refractivity contribution < 1.29 is 28.6 Å². The Labute approximate surface area is 515 Å². The van der Waals surface area contributed by atoms with E-state index in [4.69, 9.17) is 14.2 Å². The van der Waals surface area contributed by atoms with Crippen molar-refractivity contribution in [2.24, 2.45) is 0 Å². The zero-order chi connectivity index (χ0) is 59.9. The van der Waals surface area contributed by atoms with Crippen molar-refractivity contribution in [2.75, 3.05) is 13.2 Å². The predicted molar refractivity (Wildman–Crippen MR) is 362 cm³/mol. The SMILES string of the molecule is CC/C=C\C/C=C\C/C=C\C/C=C\C/C=C\C/C=C\CCC(=O)OC(COC(=O)CCCCCCCCCCCCCCCCC)COC(=O)CCCCCCCCCCCCCCCCCCCCC/C=C\CCCCCCCCCC.